The molecule has 0 bridgehead atoms. The van der Waals surface area contributed by atoms with Gasteiger partial charge in [0.05, 0.1) is 20.6 Å². The minimum atomic E-state index is -0.484. The summed E-state index contributed by atoms with van der Waals surface area (Å²) in [5.41, 5.74) is -0.0212. The van der Waals surface area contributed by atoms with E-state index in [-0.39, 0.29) is 21.3 Å². The van der Waals surface area contributed by atoms with Crippen LogP contribution in [0.2, 0.25) is 10.0 Å². The summed E-state index contributed by atoms with van der Waals surface area (Å²) in [4.78, 5) is 10.5. The van der Waals surface area contributed by atoms with Crippen molar-refractivity contribution in [2.24, 2.45) is 0 Å². The van der Waals surface area contributed by atoms with Crippen molar-refractivity contribution in [1.29, 1.82) is 0 Å². The molecule has 1 aliphatic heterocycles. The van der Waals surface area contributed by atoms with Crippen molar-refractivity contribution in [1.82, 2.24) is 0 Å². The summed E-state index contributed by atoms with van der Waals surface area (Å²) in [5.74, 6) is 0. The Kier molecular flexibility index (Phi) is 4.18. The highest BCUT2D eigenvalue weighted by Gasteiger charge is 2.30. The predicted molar refractivity (Wildman–Crippen MR) is 75.2 cm³/mol. The maximum atomic E-state index is 11.0. The van der Waals surface area contributed by atoms with E-state index in [1.807, 2.05) is 6.92 Å². The summed E-state index contributed by atoms with van der Waals surface area (Å²) in [6.45, 7) is 3.20. The van der Waals surface area contributed by atoms with E-state index < -0.39 is 4.92 Å². The molecule has 0 spiro atoms. The lowest BCUT2D eigenvalue weighted by molar-refractivity contribution is -0.383. The average Bonchev–Trinajstić information content (AvgIpc) is 2.77. The summed E-state index contributed by atoms with van der Waals surface area (Å²) < 4.78 is 5.63. The number of rotatable bonds is 4. The fourth-order valence-electron chi connectivity index (χ4n) is 2.09. The molecular formula is C12H14Cl2N2O3. The molecule has 1 aromatic rings. The first-order valence-electron chi connectivity index (χ1n) is 5.92. The summed E-state index contributed by atoms with van der Waals surface area (Å²) in [6.07, 6.45) is 1.93. The Balaban J connectivity index is 2.19. The largest absolute Gasteiger partial charge is 0.377 e. The van der Waals surface area contributed by atoms with Crippen LogP contribution in [0.5, 0.6) is 0 Å². The molecule has 7 heteroatoms. The van der Waals surface area contributed by atoms with Gasteiger partial charge in [-0.3, -0.25) is 10.1 Å². The van der Waals surface area contributed by atoms with Crippen molar-refractivity contribution in [2.45, 2.75) is 25.4 Å². The molecule has 0 saturated carbocycles. The topological polar surface area (TPSA) is 64.4 Å². The van der Waals surface area contributed by atoms with Gasteiger partial charge in [0.15, 0.2) is 0 Å². The summed E-state index contributed by atoms with van der Waals surface area (Å²) >= 11 is 11.7. The van der Waals surface area contributed by atoms with Gasteiger partial charge < -0.3 is 10.1 Å². The summed E-state index contributed by atoms with van der Waals surface area (Å²) in [7, 11) is 0. The number of halogens is 2. The Bertz CT molecular complexity index is 502. The van der Waals surface area contributed by atoms with Crippen LogP contribution in [0.3, 0.4) is 0 Å². The number of anilines is 1. The van der Waals surface area contributed by atoms with Gasteiger partial charge in [-0.2, -0.15) is 0 Å². The highest BCUT2D eigenvalue weighted by Crippen LogP contribution is 2.35. The van der Waals surface area contributed by atoms with Gasteiger partial charge in [0.1, 0.15) is 5.69 Å². The van der Waals surface area contributed by atoms with Crippen molar-refractivity contribution in [3.63, 3.8) is 0 Å². The van der Waals surface area contributed by atoms with E-state index in [1.54, 1.807) is 0 Å². The van der Waals surface area contributed by atoms with Crippen molar-refractivity contribution >= 4 is 34.6 Å². The average molecular weight is 305 g/mol. The fraction of sp³-hybridized carbons (Fsp3) is 0.500. The number of ether oxygens (including phenoxy) is 1. The Morgan fingerprint density at radius 3 is 2.74 bits per heavy atom. The first kappa shape index (κ1) is 14.4. The van der Waals surface area contributed by atoms with E-state index >= 15 is 0 Å². The smallest absolute Gasteiger partial charge is 0.293 e. The number of nitro groups is 1. The molecule has 1 aromatic carbocycles. The van der Waals surface area contributed by atoms with Crippen molar-refractivity contribution in [3.8, 4) is 0 Å². The molecule has 19 heavy (non-hydrogen) atoms. The van der Waals surface area contributed by atoms with Crippen LogP contribution in [0.1, 0.15) is 19.8 Å². The molecule has 0 radical (unpaired) electrons. The highest BCUT2D eigenvalue weighted by molar-refractivity contribution is 6.42. The van der Waals surface area contributed by atoms with Crippen LogP contribution in [-0.4, -0.2) is 23.7 Å². The van der Waals surface area contributed by atoms with Crippen molar-refractivity contribution in [2.75, 3.05) is 18.5 Å². The van der Waals surface area contributed by atoms with Crippen LogP contribution in [0.25, 0.3) is 0 Å². The monoisotopic (exact) mass is 304 g/mol. The van der Waals surface area contributed by atoms with Crippen molar-refractivity contribution in [3.05, 3.63) is 32.3 Å². The van der Waals surface area contributed by atoms with Gasteiger partial charge >= 0.3 is 0 Å². The van der Waals surface area contributed by atoms with E-state index in [1.165, 1.54) is 12.1 Å². The van der Waals surface area contributed by atoms with Gasteiger partial charge in [0.25, 0.3) is 5.69 Å². The second-order valence-corrected chi connectivity index (χ2v) is 5.61. The molecule has 104 valence electrons. The summed E-state index contributed by atoms with van der Waals surface area (Å²) in [5, 5.41) is 14.5. The zero-order valence-electron chi connectivity index (χ0n) is 10.4. The molecule has 1 atom stereocenters. The van der Waals surface area contributed by atoms with Crippen LogP contribution in [0, 0.1) is 10.1 Å². The Labute approximate surface area is 121 Å². The van der Waals surface area contributed by atoms with Gasteiger partial charge in [0, 0.05) is 19.2 Å². The van der Waals surface area contributed by atoms with Gasteiger partial charge in [-0.25, -0.2) is 0 Å². The second kappa shape index (κ2) is 5.53. The molecule has 1 heterocycles. The van der Waals surface area contributed by atoms with Gasteiger partial charge in [0.2, 0.25) is 0 Å². The van der Waals surface area contributed by atoms with Crippen molar-refractivity contribution < 1.29 is 9.66 Å². The maximum Gasteiger partial charge on any atom is 0.293 e. The quantitative estimate of drug-likeness (QED) is 0.677. The second-order valence-electron chi connectivity index (χ2n) is 4.80. The molecule has 0 aromatic heterocycles. The van der Waals surface area contributed by atoms with E-state index in [9.17, 15) is 10.1 Å². The molecule has 1 unspecified atom stereocenters. The highest BCUT2D eigenvalue weighted by atomic mass is 35.5. The lowest BCUT2D eigenvalue weighted by Gasteiger charge is -2.24. The van der Waals surface area contributed by atoms with E-state index in [0.717, 1.165) is 19.4 Å². The standard InChI is InChI=1S/C12H14Cl2N2O3/c1-12(3-2-4-19-12)7-15-10-5-8(13)9(14)6-11(10)16(17)18/h5-6,15H,2-4,7H2,1H3. The van der Waals surface area contributed by atoms with E-state index in [4.69, 9.17) is 27.9 Å². The van der Waals surface area contributed by atoms with Gasteiger partial charge in [-0.15, -0.1) is 0 Å². The van der Waals surface area contributed by atoms with Gasteiger partial charge in [-0.05, 0) is 25.8 Å². The molecule has 1 fully saturated rings. The van der Waals surface area contributed by atoms with Crippen LogP contribution in [0.4, 0.5) is 11.4 Å². The molecular weight excluding hydrogens is 291 g/mol. The molecule has 5 nitrogen and oxygen atoms in total. The van der Waals surface area contributed by atoms with E-state index in [2.05, 4.69) is 5.32 Å². The first-order chi connectivity index (χ1) is 8.91. The number of nitrogens with zero attached hydrogens (tertiary/aromatic N) is 1. The molecule has 1 saturated heterocycles. The number of benzene rings is 1. The summed E-state index contributed by atoms with van der Waals surface area (Å²) in [6, 6.07) is 2.73. The third-order valence-corrected chi connectivity index (χ3v) is 3.91. The lowest BCUT2D eigenvalue weighted by Crippen LogP contribution is -2.32. The third-order valence-electron chi connectivity index (χ3n) is 3.19. The van der Waals surface area contributed by atoms with Crippen LogP contribution in [-0.2, 0) is 4.74 Å². The number of hydrogen-bond acceptors (Lipinski definition) is 4. The lowest BCUT2D eigenvalue weighted by atomic mass is 10.0. The fourth-order valence-corrected chi connectivity index (χ4v) is 2.41. The predicted octanol–water partition coefficient (Wildman–Crippen LogP) is 3.88. The normalized spacial score (nSPS) is 22.5. The van der Waals surface area contributed by atoms with Crippen LogP contribution >= 0.6 is 23.2 Å². The number of nitrogens with one attached hydrogen (secondary N) is 1. The SMILES string of the molecule is CC1(CNc2cc(Cl)c(Cl)cc2[N+](=O)[O-])CCCO1. The van der Waals surface area contributed by atoms with Gasteiger partial charge in [-0.1, -0.05) is 23.2 Å². The zero-order valence-corrected chi connectivity index (χ0v) is 11.9. The molecule has 0 amide bonds. The number of nitro benzene ring substituents is 1. The third kappa shape index (κ3) is 3.29. The molecule has 0 aliphatic carbocycles. The Morgan fingerprint density at radius 2 is 2.16 bits per heavy atom. The zero-order chi connectivity index (χ0) is 14.0. The molecule has 2 rings (SSSR count). The maximum absolute atomic E-state index is 11.0. The Hall–Kier alpha value is -1.04. The minimum absolute atomic E-state index is 0.0870. The molecule has 1 aliphatic rings. The minimum Gasteiger partial charge on any atom is -0.377 e. The number of hydrogen-bond donors (Lipinski definition) is 1. The van der Waals surface area contributed by atoms with Crippen LogP contribution < -0.4 is 5.32 Å². The molecule has 1 N–H and O–H groups in total. The first-order valence-corrected chi connectivity index (χ1v) is 6.68. The Morgan fingerprint density at radius 1 is 1.47 bits per heavy atom. The van der Waals surface area contributed by atoms with Crippen LogP contribution in [0.15, 0.2) is 12.1 Å². The van der Waals surface area contributed by atoms with E-state index in [0.29, 0.717) is 12.2 Å².